The molecule has 1 aliphatic rings. The standard InChI is InChI=1S/C30H31F4NO3.C2H2O4/c1-19(36)21-4-9-28(29(16-21)37-2)38-15-3-12-35-13-10-20(11-14-35)30(24-7-5-22(31)17-26(24)33)25-8-6-23(32)18-27(25)34;3-1(4)2(5)6/h4-9,16-18,20,30H,3,10-15H2,1-2H3;(H,3,4)(H,5,6). The third-order valence-corrected chi connectivity index (χ3v) is 7.33. The zero-order valence-corrected chi connectivity index (χ0v) is 24.2. The number of Topliss-reactive ketones (excluding diaryl/α,β-unsaturated/α-hetero) is 1. The lowest BCUT2D eigenvalue weighted by atomic mass is 9.75. The summed E-state index contributed by atoms with van der Waals surface area (Å²) < 4.78 is 68.0. The van der Waals surface area contributed by atoms with Crippen LogP contribution in [0.2, 0.25) is 0 Å². The average Bonchev–Trinajstić information content (AvgIpc) is 2.98. The molecule has 3 aromatic carbocycles. The third kappa shape index (κ3) is 9.27. The molecule has 8 nitrogen and oxygen atoms in total. The largest absolute Gasteiger partial charge is 0.493 e. The van der Waals surface area contributed by atoms with E-state index in [2.05, 4.69) is 4.90 Å². The van der Waals surface area contributed by atoms with Gasteiger partial charge in [0, 0.05) is 30.2 Å². The van der Waals surface area contributed by atoms with Crippen molar-refractivity contribution in [3.05, 3.63) is 94.6 Å². The number of methoxy groups -OCH3 is 1. The number of likely N-dealkylation sites (tertiary alicyclic amines) is 1. The van der Waals surface area contributed by atoms with E-state index in [1.807, 2.05) is 0 Å². The average molecular weight is 620 g/mol. The Kier molecular flexibility index (Phi) is 12.3. The molecule has 0 unspecified atom stereocenters. The van der Waals surface area contributed by atoms with Crippen LogP contribution in [0, 0.1) is 29.2 Å². The topological polar surface area (TPSA) is 113 Å². The second-order valence-corrected chi connectivity index (χ2v) is 10.2. The van der Waals surface area contributed by atoms with Crippen LogP contribution in [0.25, 0.3) is 0 Å². The van der Waals surface area contributed by atoms with Crippen molar-refractivity contribution in [2.75, 3.05) is 33.4 Å². The summed E-state index contributed by atoms with van der Waals surface area (Å²) >= 11 is 0. The number of piperidine rings is 1. The molecule has 12 heteroatoms. The highest BCUT2D eigenvalue weighted by Crippen LogP contribution is 2.40. The van der Waals surface area contributed by atoms with E-state index < -0.39 is 41.1 Å². The van der Waals surface area contributed by atoms with E-state index in [-0.39, 0.29) is 22.8 Å². The number of carboxylic acid groups (broad SMARTS) is 2. The van der Waals surface area contributed by atoms with Gasteiger partial charge in [-0.05, 0) is 86.7 Å². The molecule has 236 valence electrons. The lowest BCUT2D eigenvalue weighted by molar-refractivity contribution is -0.159. The number of carboxylic acids is 2. The van der Waals surface area contributed by atoms with Gasteiger partial charge < -0.3 is 24.6 Å². The van der Waals surface area contributed by atoms with Crippen LogP contribution in [0.5, 0.6) is 11.5 Å². The highest BCUT2D eigenvalue weighted by Gasteiger charge is 2.32. The molecule has 0 aliphatic carbocycles. The first kappa shape index (κ1) is 34.0. The maximum absolute atomic E-state index is 14.8. The number of nitrogens with zero attached hydrogens (tertiary/aromatic N) is 1. The molecule has 0 aromatic heterocycles. The van der Waals surface area contributed by atoms with Gasteiger partial charge >= 0.3 is 11.9 Å². The van der Waals surface area contributed by atoms with Gasteiger partial charge in [-0.1, -0.05) is 12.1 Å². The van der Waals surface area contributed by atoms with Crippen LogP contribution in [0.3, 0.4) is 0 Å². The lowest BCUT2D eigenvalue weighted by Crippen LogP contribution is -2.37. The number of hydrogen-bond donors (Lipinski definition) is 2. The van der Waals surface area contributed by atoms with Crippen molar-refractivity contribution in [2.45, 2.75) is 32.1 Å². The van der Waals surface area contributed by atoms with Crippen molar-refractivity contribution >= 4 is 17.7 Å². The van der Waals surface area contributed by atoms with E-state index in [9.17, 15) is 22.4 Å². The second kappa shape index (κ2) is 15.9. The van der Waals surface area contributed by atoms with Gasteiger partial charge in [-0.2, -0.15) is 0 Å². The molecule has 3 aromatic rings. The first-order valence-electron chi connectivity index (χ1n) is 13.8. The van der Waals surface area contributed by atoms with E-state index >= 15 is 0 Å². The molecule has 1 saturated heterocycles. The van der Waals surface area contributed by atoms with Crippen molar-refractivity contribution < 1.29 is 51.6 Å². The van der Waals surface area contributed by atoms with Gasteiger partial charge in [0.15, 0.2) is 17.3 Å². The van der Waals surface area contributed by atoms with Crippen molar-refractivity contribution in [1.29, 1.82) is 0 Å². The fourth-order valence-electron chi connectivity index (χ4n) is 5.17. The van der Waals surface area contributed by atoms with E-state index in [4.69, 9.17) is 29.3 Å². The lowest BCUT2D eigenvalue weighted by Gasteiger charge is -2.37. The predicted molar refractivity (Wildman–Crippen MR) is 152 cm³/mol. The summed E-state index contributed by atoms with van der Waals surface area (Å²) in [5.41, 5.74) is 0.985. The molecular weight excluding hydrogens is 586 g/mol. The minimum atomic E-state index is -1.82. The number of carbonyl (C=O) groups is 3. The zero-order valence-electron chi connectivity index (χ0n) is 24.2. The van der Waals surface area contributed by atoms with Crippen LogP contribution in [0.4, 0.5) is 17.6 Å². The first-order chi connectivity index (χ1) is 20.9. The molecule has 4 rings (SSSR count). The fourth-order valence-corrected chi connectivity index (χ4v) is 5.17. The number of carbonyl (C=O) groups excluding carboxylic acids is 1. The molecule has 0 spiro atoms. The summed E-state index contributed by atoms with van der Waals surface area (Å²) in [6.07, 6.45) is 2.11. The molecule has 0 amide bonds. The Balaban J connectivity index is 0.000000801. The molecule has 2 N–H and O–H groups in total. The van der Waals surface area contributed by atoms with Gasteiger partial charge in [0.25, 0.3) is 0 Å². The van der Waals surface area contributed by atoms with Crippen LogP contribution in [0.1, 0.15) is 53.6 Å². The zero-order chi connectivity index (χ0) is 32.4. The minimum Gasteiger partial charge on any atom is -0.493 e. The van der Waals surface area contributed by atoms with E-state index in [1.165, 1.54) is 38.3 Å². The molecular formula is C32H33F4NO7. The van der Waals surface area contributed by atoms with Crippen LogP contribution in [-0.4, -0.2) is 66.2 Å². The number of halogens is 4. The maximum Gasteiger partial charge on any atom is 0.414 e. The van der Waals surface area contributed by atoms with Gasteiger partial charge in [0.1, 0.15) is 23.3 Å². The number of hydrogen-bond acceptors (Lipinski definition) is 6. The van der Waals surface area contributed by atoms with Crippen molar-refractivity contribution in [3.63, 3.8) is 0 Å². The molecule has 0 bridgehead atoms. The second-order valence-electron chi connectivity index (χ2n) is 10.2. The molecule has 0 atom stereocenters. The smallest absolute Gasteiger partial charge is 0.414 e. The Morgan fingerprint density at radius 2 is 1.39 bits per heavy atom. The highest BCUT2D eigenvalue weighted by molar-refractivity contribution is 6.27. The predicted octanol–water partition coefficient (Wildman–Crippen LogP) is 5.92. The van der Waals surface area contributed by atoms with E-state index in [1.54, 1.807) is 18.2 Å². The summed E-state index contributed by atoms with van der Waals surface area (Å²) in [5, 5.41) is 14.8. The molecule has 1 heterocycles. The first-order valence-corrected chi connectivity index (χ1v) is 13.8. The Labute approximate surface area is 251 Å². The third-order valence-electron chi connectivity index (χ3n) is 7.33. The van der Waals surface area contributed by atoms with E-state index in [0.717, 1.165) is 38.2 Å². The Morgan fingerprint density at radius 1 is 0.841 bits per heavy atom. The van der Waals surface area contributed by atoms with Gasteiger partial charge in [-0.3, -0.25) is 4.79 Å². The Morgan fingerprint density at radius 3 is 1.84 bits per heavy atom. The van der Waals surface area contributed by atoms with Gasteiger partial charge in [0.05, 0.1) is 13.7 Å². The molecule has 0 saturated carbocycles. The minimum absolute atomic E-state index is 0.0511. The molecule has 44 heavy (non-hydrogen) atoms. The summed E-state index contributed by atoms with van der Waals surface area (Å²) in [7, 11) is 1.53. The van der Waals surface area contributed by atoms with Gasteiger partial charge in [-0.15, -0.1) is 0 Å². The van der Waals surface area contributed by atoms with Gasteiger partial charge in [0.2, 0.25) is 0 Å². The van der Waals surface area contributed by atoms with Crippen LogP contribution in [0.15, 0.2) is 54.6 Å². The number of aliphatic carboxylic acids is 2. The van der Waals surface area contributed by atoms with Crippen molar-refractivity contribution in [3.8, 4) is 11.5 Å². The summed E-state index contributed by atoms with van der Waals surface area (Å²) in [4.78, 5) is 32.0. The SMILES string of the molecule is COc1cc(C(C)=O)ccc1OCCCN1CCC(C(c2ccc(F)cc2F)c2ccc(F)cc2F)CC1.O=C(O)C(=O)O. The highest BCUT2D eigenvalue weighted by atomic mass is 19.1. The quantitative estimate of drug-likeness (QED) is 0.124. The van der Waals surface area contributed by atoms with Crippen molar-refractivity contribution in [1.82, 2.24) is 4.90 Å². The normalized spacial score (nSPS) is 13.6. The monoisotopic (exact) mass is 619 g/mol. The van der Waals surface area contributed by atoms with Crippen molar-refractivity contribution in [2.24, 2.45) is 5.92 Å². The molecule has 0 radical (unpaired) electrons. The van der Waals surface area contributed by atoms with Crippen LogP contribution >= 0.6 is 0 Å². The fraction of sp³-hybridized carbons (Fsp3) is 0.344. The summed E-state index contributed by atoms with van der Waals surface area (Å²) in [6, 6.07) is 11.8. The Hall–Kier alpha value is -4.45. The van der Waals surface area contributed by atoms with E-state index in [0.29, 0.717) is 36.5 Å². The molecule has 1 aliphatic heterocycles. The maximum atomic E-state index is 14.8. The van der Waals surface area contributed by atoms with Gasteiger partial charge in [-0.25, -0.2) is 27.2 Å². The Bertz CT molecular complexity index is 1410. The van der Waals surface area contributed by atoms with Crippen LogP contribution in [-0.2, 0) is 9.59 Å². The number of ether oxygens (including phenoxy) is 2. The molecule has 1 fully saturated rings. The summed E-state index contributed by atoms with van der Waals surface area (Å²) in [6.45, 7) is 4.18. The number of ketones is 1. The summed E-state index contributed by atoms with van der Waals surface area (Å²) in [5.74, 6) is -6.22. The van der Waals surface area contributed by atoms with Crippen LogP contribution < -0.4 is 9.47 Å². The number of rotatable bonds is 10. The number of benzene rings is 3.